The van der Waals surface area contributed by atoms with Crippen LogP contribution < -0.4 is 10.2 Å². The van der Waals surface area contributed by atoms with Crippen LogP contribution in [0.5, 0.6) is 0 Å². The minimum Gasteiger partial charge on any atom is -0.378 e. The van der Waals surface area contributed by atoms with E-state index in [1.54, 1.807) is 18.3 Å². The molecule has 3 heterocycles. The second-order valence-electron chi connectivity index (χ2n) is 5.57. The molecule has 2 aromatic heterocycles. The highest BCUT2D eigenvalue weighted by molar-refractivity contribution is 7.22. The normalized spacial score (nSPS) is 14.7. The predicted molar refractivity (Wildman–Crippen MR) is 99.9 cm³/mol. The Balaban J connectivity index is 1.56. The molecule has 0 unspecified atom stereocenters. The predicted octanol–water partition coefficient (Wildman–Crippen LogP) is 3.43. The van der Waals surface area contributed by atoms with Crippen molar-refractivity contribution < 1.29 is 9.53 Å². The van der Waals surface area contributed by atoms with Gasteiger partial charge in [0.2, 0.25) is 0 Å². The lowest BCUT2D eigenvalue weighted by Gasteiger charge is -2.28. The van der Waals surface area contributed by atoms with Crippen molar-refractivity contribution >= 4 is 49.9 Å². The summed E-state index contributed by atoms with van der Waals surface area (Å²) in [7, 11) is 0. The Morgan fingerprint density at radius 1 is 1.28 bits per heavy atom. The zero-order valence-electron chi connectivity index (χ0n) is 13.2. The van der Waals surface area contributed by atoms with Crippen LogP contribution in [0, 0.1) is 0 Å². The molecule has 1 saturated heterocycles. The maximum atomic E-state index is 12.3. The number of carbonyl (C=O) groups is 1. The third kappa shape index (κ3) is 3.44. The summed E-state index contributed by atoms with van der Waals surface area (Å²) in [5, 5.41) is 3.52. The SMILES string of the molecule is O=C(Nc1nc2ccc(N3CCOCC3)cc2s1)c1cccnc1Cl. The van der Waals surface area contributed by atoms with Crippen molar-refractivity contribution in [1.29, 1.82) is 0 Å². The van der Waals surface area contributed by atoms with Crippen molar-refractivity contribution in [2.24, 2.45) is 0 Å². The first-order valence-corrected chi connectivity index (χ1v) is 9.05. The quantitative estimate of drug-likeness (QED) is 0.711. The van der Waals surface area contributed by atoms with Crippen LogP contribution in [0.2, 0.25) is 5.15 Å². The molecule has 4 rings (SSSR count). The van der Waals surface area contributed by atoms with E-state index in [1.807, 2.05) is 6.07 Å². The average Bonchev–Trinajstić information content (AvgIpc) is 3.04. The number of morpholine rings is 1. The minimum atomic E-state index is -0.314. The van der Waals surface area contributed by atoms with Gasteiger partial charge in [0.1, 0.15) is 5.15 Å². The number of ether oxygens (including phenoxy) is 1. The maximum Gasteiger partial charge on any atom is 0.260 e. The van der Waals surface area contributed by atoms with Gasteiger partial charge in [-0.3, -0.25) is 10.1 Å². The van der Waals surface area contributed by atoms with Gasteiger partial charge in [0.25, 0.3) is 5.91 Å². The van der Waals surface area contributed by atoms with Crippen molar-refractivity contribution in [3.8, 4) is 0 Å². The Labute approximate surface area is 153 Å². The Morgan fingerprint density at radius 3 is 2.92 bits per heavy atom. The lowest BCUT2D eigenvalue weighted by atomic mass is 10.2. The van der Waals surface area contributed by atoms with E-state index < -0.39 is 0 Å². The fraction of sp³-hybridized carbons (Fsp3) is 0.235. The van der Waals surface area contributed by atoms with E-state index in [0.29, 0.717) is 10.7 Å². The van der Waals surface area contributed by atoms with Crippen LogP contribution in [-0.2, 0) is 4.74 Å². The summed E-state index contributed by atoms with van der Waals surface area (Å²) in [5.41, 5.74) is 2.33. The number of benzene rings is 1. The van der Waals surface area contributed by atoms with Crippen molar-refractivity contribution in [3.05, 3.63) is 47.2 Å². The number of hydrogen-bond acceptors (Lipinski definition) is 6. The van der Waals surface area contributed by atoms with Gasteiger partial charge >= 0.3 is 0 Å². The third-order valence-corrected chi connectivity index (χ3v) is 5.21. The molecule has 1 aliphatic heterocycles. The summed E-state index contributed by atoms with van der Waals surface area (Å²) in [6, 6.07) is 9.44. The third-order valence-electron chi connectivity index (χ3n) is 3.97. The summed E-state index contributed by atoms with van der Waals surface area (Å²) < 4.78 is 6.42. The first-order chi connectivity index (χ1) is 12.2. The van der Waals surface area contributed by atoms with Gasteiger partial charge in [0.05, 0.1) is 29.0 Å². The molecule has 0 spiro atoms. The topological polar surface area (TPSA) is 67.4 Å². The number of anilines is 2. The highest BCUT2D eigenvalue weighted by Crippen LogP contribution is 2.30. The van der Waals surface area contributed by atoms with Gasteiger partial charge in [-0.05, 0) is 30.3 Å². The van der Waals surface area contributed by atoms with E-state index >= 15 is 0 Å². The van der Waals surface area contributed by atoms with Crippen LogP contribution in [0.15, 0.2) is 36.5 Å². The first-order valence-electron chi connectivity index (χ1n) is 7.86. The van der Waals surface area contributed by atoms with Crippen molar-refractivity contribution in [1.82, 2.24) is 9.97 Å². The van der Waals surface area contributed by atoms with Crippen LogP contribution in [-0.4, -0.2) is 42.2 Å². The molecule has 0 radical (unpaired) electrons. The molecule has 0 bridgehead atoms. The zero-order valence-corrected chi connectivity index (χ0v) is 14.8. The number of rotatable bonds is 3. The zero-order chi connectivity index (χ0) is 17.2. The molecule has 1 aliphatic rings. The minimum absolute atomic E-state index is 0.177. The second kappa shape index (κ2) is 6.95. The Kier molecular flexibility index (Phi) is 4.52. The molecule has 25 heavy (non-hydrogen) atoms. The van der Waals surface area contributed by atoms with Gasteiger partial charge in [-0.1, -0.05) is 22.9 Å². The molecule has 3 aromatic rings. The molecule has 1 N–H and O–H groups in total. The summed E-state index contributed by atoms with van der Waals surface area (Å²) in [6.45, 7) is 3.25. The van der Waals surface area contributed by atoms with Gasteiger partial charge < -0.3 is 9.64 Å². The molecule has 6 nitrogen and oxygen atoms in total. The average molecular weight is 375 g/mol. The lowest BCUT2D eigenvalue weighted by Crippen LogP contribution is -2.36. The Morgan fingerprint density at radius 2 is 2.12 bits per heavy atom. The lowest BCUT2D eigenvalue weighted by molar-refractivity contribution is 0.102. The highest BCUT2D eigenvalue weighted by atomic mass is 35.5. The fourth-order valence-corrected chi connectivity index (χ4v) is 3.80. The van der Waals surface area contributed by atoms with Gasteiger partial charge in [-0.25, -0.2) is 9.97 Å². The van der Waals surface area contributed by atoms with Gasteiger partial charge in [0.15, 0.2) is 5.13 Å². The smallest absolute Gasteiger partial charge is 0.260 e. The van der Waals surface area contributed by atoms with E-state index in [2.05, 4.69) is 32.3 Å². The molecule has 1 aromatic carbocycles. The number of nitrogens with one attached hydrogen (secondary N) is 1. The van der Waals surface area contributed by atoms with E-state index in [-0.39, 0.29) is 11.1 Å². The molecule has 1 amide bonds. The summed E-state index contributed by atoms with van der Waals surface area (Å²) >= 11 is 7.41. The molecule has 1 fully saturated rings. The number of carbonyl (C=O) groups excluding carboxylic acids is 1. The first kappa shape index (κ1) is 16.3. The van der Waals surface area contributed by atoms with E-state index in [9.17, 15) is 4.79 Å². The van der Waals surface area contributed by atoms with Crippen molar-refractivity contribution in [2.75, 3.05) is 36.5 Å². The molecular formula is C17H15ClN4O2S. The van der Waals surface area contributed by atoms with Gasteiger partial charge in [-0.2, -0.15) is 0 Å². The standard InChI is InChI=1S/C17H15ClN4O2S/c18-15-12(2-1-5-19-15)16(23)21-17-20-13-4-3-11(10-14(13)25-17)22-6-8-24-9-7-22/h1-5,10H,6-9H2,(H,20,21,23). The van der Waals surface area contributed by atoms with E-state index in [0.717, 1.165) is 42.2 Å². The summed E-state index contributed by atoms with van der Waals surface area (Å²) in [5.74, 6) is -0.314. The number of aromatic nitrogens is 2. The van der Waals surface area contributed by atoms with Gasteiger partial charge in [-0.15, -0.1) is 0 Å². The molecule has 8 heteroatoms. The van der Waals surface area contributed by atoms with Crippen LogP contribution in [0.25, 0.3) is 10.2 Å². The van der Waals surface area contributed by atoms with E-state index in [4.69, 9.17) is 16.3 Å². The molecule has 0 atom stereocenters. The number of thiazole rings is 1. The largest absolute Gasteiger partial charge is 0.378 e. The van der Waals surface area contributed by atoms with E-state index in [1.165, 1.54) is 11.3 Å². The molecule has 128 valence electrons. The molecule has 0 aliphatic carbocycles. The number of amides is 1. The highest BCUT2D eigenvalue weighted by Gasteiger charge is 2.15. The van der Waals surface area contributed by atoms with Crippen molar-refractivity contribution in [3.63, 3.8) is 0 Å². The van der Waals surface area contributed by atoms with Crippen molar-refractivity contribution in [2.45, 2.75) is 0 Å². The second-order valence-corrected chi connectivity index (χ2v) is 6.96. The van der Waals surface area contributed by atoms with Crippen LogP contribution in [0.4, 0.5) is 10.8 Å². The number of hydrogen-bond donors (Lipinski definition) is 1. The molecule has 0 saturated carbocycles. The molecular weight excluding hydrogens is 360 g/mol. The Hall–Kier alpha value is -2.22. The summed E-state index contributed by atoms with van der Waals surface area (Å²) in [4.78, 5) is 23.0. The monoisotopic (exact) mass is 374 g/mol. The van der Waals surface area contributed by atoms with Crippen LogP contribution in [0.1, 0.15) is 10.4 Å². The number of pyridine rings is 1. The number of nitrogens with zero attached hydrogens (tertiary/aromatic N) is 3. The number of fused-ring (bicyclic) bond motifs is 1. The maximum absolute atomic E-state index is 12.3. The van der Waals surface area contributed by atoms with Crippen LogP contribution in [0.3, 0.4) is 0 Å². The summed E-state index contributed by atoms with van der Waals surface area (Å²) in [6.07, 6.45) is 1.55. The Bertz CT molecular complexity index is 924. The number of halogens is 1. The van der Waals surface area contributed by atoms with Crippen LogP contribution >= 0.6 is 22.9 Å². The fourth-order valence-electron chi connectivity index (χ4n) is 2.70. The van der Waals surface area contributed by atoms with Gasteiger partial charge in [0, 0.05) is 25.0 Å².